The molecule has 0 saturated carbocycles. The fourth-order valence-corrected chi connectivity index (χ4v) is 2.31. The predicted molar refractivity (Wildman–Crippen MR) is 82.9 cm³/mol. The van der Waals surface area contributed by atoms with Gasteiger partial charge in [0.2, 0.25) is 0 Å². The molecule has 0 amide bonds. The van der Waals surface area contributed by atoms with E-state index in [-0.39, 0.29) is 11.1 Å². The topological polar surface area (TPSA) is 66.6 Å². The molecule has 0 unspecified atom stereocenters. The molecule has 120 valence electrons. The molecule has 22 heavy (non-hydrogen) atoms. The van der Waals surface area contributed by atoms with Crippen LogP contribution in [0, 0.1) is 5.82 Å². The Bertz CT molecular complexity index is 602. The van der Waals surface area contributed by atoms with Crippen molar-refractivity contribution in [2.24, 2.45) is 0 Å². The van der Waals surface area contributed by atoms with Crippen molar-refractivity contribution in [3.05, 3.63) is 46.9 Å². The highest BCUT2D eigenvalue weighted by Gasteiger charge is 2.08. The Morgan fingerprint density at radius 2 is 2.00 bits per heavy atom. The van der Waals surface area contributed by atoms with Gasteiger partial charge in [0.1, 0.15) is 37.8 Å². The van der Waals surface area contributed by atoms with Crippen LogP contribution in [-0.2, 0) is 6.54 Å². The first-order chi connectivity index (χ1) is 10.6. The summed E-state index contributed by atoms with van der Waals surface area (Å²) in [6.45, 7) is 5.16. The van der Waals surface area contributed by atoms with Crippen LogP contribution in [0.3, 0.4) is 0 Å². The molecule has 0 radical (unpaired) electrons. The molecule has 0 aliphatic heterocycles. The molecule has 0 fully saturated rings. The number of aliphatic hydroxyl groups excluding tert-OH is 1. The van der Waals surface area contributed by atoms with Crippen LogP contribution in [0.2, 0.25) is 5.02 Å². The molecule has 1 atom stereocenters. The highest BCUT2D eigenvalue weighted by Crippen LogP contribution is 2.26. The maximum atomic E-state index is 13.2. The number of aliphatic hydroxyl groups is 1. The smallest absolute Gasteiger partial charge is 0.158 e. The summed E-state index contributed by atoms with van der Waals surface area (Å²) in [5.41, 5.74) is 0.767. The van der Waals surface area contributed by atoms with Gasteiger partial charge in [0.05, 0.1) is 11.1 Å². The summed E-state index contributed by atoms with van der Waals surface area (Å²) in [6.07, 6.45) is -0.268. The van der Waals surface area contributed by atoms with Crippen molar-refractivity contribution >= 4 is 11.6 Å². The Balaban J connectivity index is 1.80. The normalized spacial score (nSPS) is 12.5. The average molecular weight is 329 g/mol. The van der Waals surface area contributed by atoms with Crippen LogP contribution in [0.1, 0.15) is 12.7 Å². The van der Waals surface area contributed by atoms with Gasteiger partial charge in [0, 0.05) is 5.56 Å². The first-order valence-electron chi connectivity index (χ1n) is 7.42. The van der Waals surface area contributed by atoms with Crippen LogP contribution in [0.15, 0.2) is 34.7 Å². The zero-order chi connectivity index (χ0) is 15.9. The van der Waals surface area contributed by atoms with Crippen molar-refractivity contribution in [1.82, 2.24) is 0 Å². The number of hydrogen-bond donors (Lipinski definition) is 3. The Kier molecular flexibility index (Phi) is 6.39. The van der Waals surface area contributed by atoms with Crippen molar-refractivity contribution in [3.8, 4) is 11.3 Å². The molecule has 5 N–H and O–H groups in total. The lowest BCUT2D eigenvalue weighted by molar-refractivity contribution is -0.733. The summed E-state index contributed by atoms with van der Waals surface area (Å²) < 4.78 is 18.9. The second kappa shape index (κ2) is 8.29. The quantitative estimate of drug-likeness (QED) is 0.626. The lowest BCUT2D eigenvalue weighted by atomic mass is 10.2. The number of nitrogens with two attached hydrogens (primary N) is 2. The largest absolute Gasteiger partial charge is 0.455 e. The maximum Gasteiger partial charge on any atom is 0.158 e. The Labute approximate surface area is 134 Å². The van der Waals surface area contributed by atoms with E-state index in [4.69, 9.17) is 21.1 Å². The minimum Gasteiger partial charge on any atom is -0.455 e. The van der Waals surface area contributed by atoms with Crippen LogP contribution in [-0.4, -0.2) is 30.8 Å². The van der Waals surface area contributed by atoms with Gasteiger partial charge in [-0.25, -0.2) is 4.39 Å². The molecular formula is C16H22ClFN2O2+2. The molecule has 1 heterocycles. The second-order valence-corrected chi connectivity index (χ2v) is 5.75. The van der Waals surface area contributed by atoms with Crippen LogP contribution in [0.5, 0.6) is 0 Å². The molecule has 2 rings (SSSR count). The van der Waals surface area contributed by atoms with Gasteiger partial charge < -0.3 is 20.2 Å². The predicted octanol–water partition coefficient (Wildman–Crippen LogP) is 0.747. The van der Waals surface area contributed by atoms with E-state index in [1.165, 1.54) is 6.07 Å². The zero-order valence-corrected chi connectivity index (χ0v) is 13.3. The first-order valence-corrected chi connectivity index (χ1v) is 7.79. The van der Waals surface area contributed by atoms with E-state index in [9.17, 15) is 4.39 Å². The van der Waals surface area contributed by atoms with Gasteiger partial charge in [0.15, 0.2) is 5.76 Å². The minimum atomic E-state index is -0.432. The van der Waals surface area contributed by atoms with E-state index in [2.05, 4.69) is 10.6 Å². The van der Waals surface area contributed by atoms with Gasteiger partial charge in [0.25, 0.3) is 0 Å². The van der Waals surface area contributed by atoms with Crippen LogP contribution >= 0.6 is 11.6 Å². The van der Waals surface area contributed by atoms with Gasteiger partial charge in [-0.05, 0) is 37.3 Å². The van der Waals surface area contributed by atoms with Gasteiger partial charge in [-0.3, -0.25) is 0 Å². The molecule has 1 aromatic carbocycles. The molecule has 0 aliphatic rings. The highest BCUT2D eigenvalue weighted by molar-refractivity contribution is 6.31. The highest BCUT2D eigenvalue weighted by atomic mass is 35.5. The Morgan fingerprint density at radius 3 is 2.73 bits per heavy atom. The number of furan rings is 1. The molecular weight excluding hydrogens is 307 g/mol. The van der Waals surface area contributed by atoms with Gasteiger partial charge in [-0.1, -0.05) is 11.6 Å². The average Bonchev–Trinajstić information content (AvgIpc) is 2.94. The summed E-state index contributed by atoms with van der Waals surface area (Å²) in [5.74, 6) is 1.12. The van der Waals surface area contributed by atoms with E-state index in [1.807, 2.05) is 12.1 Å². The van der Waals surface area contributed by atoms with Crippen LogP contribution in [0.25, 0.3) is 11.3 Å². The van der Waals surface area contributed by atoms with E-state index in [0.717, 1.165) is 37.5 Å². The first kappa shape index (κ1) is 17.0. The van der Waals surface area contributed by atoms with Crippen molar-refractivity contribution in [1.29, 1.82) is 0 Å². The summed E-state index contributed by atoms with van der Waals surface area (Å²) in [4.78, 5) is 0. The molecule has 0 bridgehead atoms. The third-order valence-electron chi connectivity index (χ3n) is 3.29. The van der Waals surface area contributed by atoms with Crippen molar-refractivity contribution in [2.45, 2.75) is 19.6 Å². The van der Waals surface area contributed by atoms with Crippen LogP contribution in [0.4, 0.5) is 4.39 Å². The third kappa shape index (κ3) is 5.10. The number of benzene rings is 1. The Hall–Kier alpha value is -1.40. The van der Waals surface area contributed by atoms with Gasteiger partial charge >= 0.3 is 0 Å². The lowest BCUT2D eigenvalue weighted by Crippen LogP contribution is -2.95. The van der Waals surface area contributed by atoms with E-state index in [0.29, 0.717) is 5.76 Å². The van der Waals surface area contributed by atoms with E-state index in [1.54, 1.807) is 19.1 Å². The number of quaternary nitrogens is 2. The fraction of sp³-hybridized carbons (Fsp3) is 0.375. The van der Waals surface area contributed by atoms with Crippen LogP contribution < -0.4 is 10.6 Å². The molecule has 1 aromatic heterocycles. The third-order valence-corrected chi connectivity index (χ3v) is 3.58. The SMILES string of the molecule is C[C@@H](O)C[NH2+]CC[NH2+]Cc1ccc(-c2ccc(F)c(Cl)c2)o1. The summed E-state index contributed by atoms with van der Waals surface area (Å²) in [6, 6.07) is 8.34. The standard InChI is InChI=1S/C16H20ClFN2O2/c1-11(21)9-19-6-7-20-10-13-3-5-16(22-13)12-2-4-15(18)14(17)8-12/h2-5,8,11,19-21H,6-7,9-10H2,1H3/p+2/t11-/m1/s1. The molecule has 0 spiro atoms. The maximum absolute atomic E-state index is 13.2. The second-order valence-electron chi connectivity index (χ2n) is 5.34. The lowest BCUT2D eigenvalue weighted by Gasteiger charge is -2.03. The molecule has 6 heteroatoms. The number of halogens is 2. The summed E-state index contributed by atoms with van der Waals surface area (Å²) in [7, 11) is 0. The van der Waals surface area contributed by atoms with E-state index < -0.39 is 5.82 Å². The zero-order valence-electron chi connectivity index (χ0n) is 12.6. The summed E-state index contributed by atoms with van der Waals surface area (Å²) in [5, 5.41) is 13.5. The monoisotopic (exact) mass is 328 g/mol. The molecule has 4 nitrogen and oxygen atoms in total. The minimum absolute atomic E-state index is 0.0932. The Morgan fingerprint density at radius 1 is 1.23 bits per heavy atom. The van der Waals surface area contributed by atoms with Crippen molar-refractivity contribution in [2.75, 3.05) is 19.6 Å². The van der Waals surface area contributed by atoms with E-state index >= 15 is 0 Å². The van der Waals surface area contributed by atoms with Crippen molar-refractivity contribution < 1.29 is 24.5 Å². The summed E-state index contributed by atoms with van der Waals surface area (Å²) >= 11 is 5.78. The van der Waals surface area contributed by atoms with Gasteiger partial charge in [-0.15, -0.1) is 0 Å². The molecule has 2 aromatic rings. The number of hydrogen-bond acceptors (Lipinski definition) is 2. The fourth-order valence-electron chi connectivity index (χ4n) is 2.13. The molecule has 0 saturated heterocycles. The van der Waals surface area contributed by atoms with Gasteiger partial charge in [-0.2, -0.15) is 0 Å². The number of rotatable bonds is 8. The van der Waals surface area contributed by atoms with Crippen molar-refractivity contribution in [3.63, 3.8) is 0 Å². The molecule has 0 aliphatic carbocycles.